The number of ether oxygens (including phenoxy) is 2. The summed E-state index contributed by atoms with van der Waals surface area (Å²) in [5.74, 6) is -0.311. The van der Waals surface area contributed by atoms with Gasteiger partial charge in [0, 0.05) is 31.6 Å². The third-order valence-electron chi connectivity index (χ3n) is 5.12. The Morgan fingerprint density at radius 3 is 2.35 bits per heavy atom. The number of carbonyl (C=O) groups excluding carboxylic acids is 3. The molecule has 1 aliphatic heterocycles. The topological polar surface area (TPSA) is 115 Å². The molecule has 1 aliphatic rings. The van der Waals surface area contributed by atoms with E-state index in [0.717, 1.165) is 0 Å². The number of nitrogens with zero attached hydrogens (tertiary/aromatic N) is 3. The Morgan fingerprint density at radius 2 is 1.74 bits per heavy atom. The molecule has 9 heteroatoms. The second-order valence-corrected chi connectivity index (χ2v) is 7.86. The van der Waals surface area contributed by atoms with E-state index < -0.39 is 5.91 Å². The second kappa shape index (κ2) is 9.63. The molecule has 0 radical (unpaired) electrons. The van der Waals surface area contributed by atoms with Crippen LogP contribution in [0.4, 0.5) is 4.79 Å². The van der Waals surface area contributed by atoms with Crippen molar-refractivity contribution in [3.8, 4) is 5.75 Å². The molecule has 2 N–H and O–H groups in total. The number of pyridine rings is 1. The van der Waals surface area contributed by atoms with Crippen molar-refractivity contribution in [3.05, 3.63) is 35.5 Å². The fraction of sp³-hybridized carbons (Fsp3) is 0.455. The molecule has 0 unspecified atom stereocenters. The zero-order chi connectivity index (χ0) is 22.5. The minimum Gasteiger partial charge on any atom is -0.495 e. The first-order valence-electron chi connectivity index (χ1n) is 10.3. The summed E-state index contributed by atoms with van der Waals surface area (Å²) >= 11 is 0. The molecular weight excluding hydrogens is 400 g/mol. The molecule has 166 valence electrons. The lowest BCUT2D eigenvalue weighted by Crippen LogP contribution is -2.51. The molecule has 0 spiro atoms. The number of piperazine rings is 1. The highest BCUT2D eigenvalue weighted by Crippen LogP contribution is 2.31. The number of para-hydroxylation sites is 1. The summed E-state index contributed by atoms with van der Waals surface area (Å²) in [6, 6.07) is 7.21. The number of methoxy groups -OCH3 is 1. The fourth-order valence-electron chi connectivity index (χ4n) is 3.55. The maximum Gasteiger partial charge on any atom is 0.409 e. The highest BCUT2D eigenvalue weighted by atomic mass is 16.6. The van der Waals surface area contributed by atoms with E-state index in [2.05, 4.69) is 4.98 Å². The van der Waals surface area contributed by atoms with Crippen LogP contribution in [0, 0.1) is 5.92 Å². The molecule has 2 aromatic rings. The van der Waals surface area contributed by atoms with Gasteiger partial charge in [0.05, 0.1) is 31.3 Å². The molecule has 1 aromatic heterocycles. The van der Waals surface area contributed by atoms with Crippen LogP contribution >= 0.6 is 0 Å². The van der Waals surface area contributed by atoms with Gasteiger partial charge in [-0.25, -0.2) is 4.79 Å². The maximum absolute atomic E-state index is 12.9. The summed E-state index contributed by atoms with van der Waals surface area (Å²) in [6.07, 6.45) is -0.449. The first kappa shape index (κ1) is 22.3. The van der Waals surface area contributed by atoms with Crippen LogP contribution in [0.15, 0.2) is 24.3 Å². The van der Waals surface area contributed by atoms with E-state index in [9.17, 15) is 14.4 Å². The Morgan fingerprint density at radius 1 is 1.10 bits per heavy atom. The fourth-order valence-corrected chi connectivity index (χ4v) is 3.55. The van der Waals surface area contributed by atoms with Gasteiger partial charge in [-0.3, -0.25) is 14.6 Å². The average Bonchev–Trinajstić information content (AvgIpc) is 2.76. The van der Waals surface area contributed by atoms with Gasteiger partial charge in [0.1, 0.15) is 11.3 Å². The number of amides is 3. The van der Waals surface area contributed by atoms with Crippen LogP contribution in [0.1, 0.15) is 29.9 Å². The molecule has 0 aliphatic carbocycles. The third-order valence-corrected chi connectivity index (χ3v) is 5.12. The molecule has 0 saturated carbocycles. The number of rotatable bonds is 6. The first-order valence-corrected chi connectivity index (χ1v) is 10.3. The largest absolute Gasteiger partial charge is 0.495 e. The molecular formula is C22H28N4O5. The minimum atomic E-state index is -0.698. The molecule has 31 heavy (non-hydrogen) atoms. The Bertz CT molecular complexity index is 983. The molecule has 0 atom stereocenters. The molecule has 3 amide bonds. The smallest absolute Gasteiger partial charge is 0.409 e. The summed E-state index contributed by atoms with van der Waals surface area (Å²) in [6.45, 7) is 5.85. The number of benzene rings is 1. The van der Waals surface area contributed by atoms with Gasteiger partial charge in [0.2, 0.25) is 5.91 Å². The van der Waals surface area contributed by atoms with E-state index >= 15 is 0 Å². The predicted molar refractivity (Wildman–Crippen MR) is 115 cm³/mol. The summed E-state index contributed by atoms with van der Waals surface area (Å²) in [5, 5.41) is 0.656. The number of hydrogen-bond acceptors (Lipinski definition) is 6. The summed E-state index contributed by atoms with van der Waals surface area (Å²) in [4.78, 5) is 44.9. The SMILES string of the molecule is COc1c(C(N)=O)c(CC(=O)N2CCN(C(=O)OCC(C)C)CC2)nc2ccccc12. The van der Waals surface area contributed by atoms with Crippen LogP contribution in [0.3, 0.4) is 0 Å². The second-order valence-electron chi connectivity index (χ2n) is 7.86. The lowest BCUT2D eigenvalue weighted by Gasteiger charge is -2.34. The number of fused-ring (bicyclic) bond motifs is 1. The quantitative estimate of drug-likeness (QED) is 0.751. The normalized spacial score (nSPS) is 14.1. The number of hydrogen-bond donors (Lipinski definition) is 1. The first-order chi connectivity index (χ1) is 14.8. The van der Waals surface area contributed by atoms with Crippen LogP contribution in [0.2, 0.25) is 0 Å². The number of carbonyl (C=O) groups is 3. The van der Waals surface area contributed by atoms with Crippen molar-refractivity contribution in [1.29, 1.82) is 0 Å². The van der Waals surface area contributed by atoms with E-state index in [1.54, 1.807) is 21.9 Å². The Balaban J connectivity index is 1.73. The maximum atomic E-state index is 12.9. The lowest BCUT2D eigenvalue weighted by molar-refractivity contribution is -0.132. The Labute approximate surface area is 181 Å². The predicted octanol–water partition coefficient (Wildman–Crippen LogP) is 1.82. The standard InChI is InChI=1S/C22H28N4O5/c1-14(2)13-31-22(29)26-10-8-25(9-11-26)18(27)12-17-19(21(23)28)20(30-3)15-6-4-5-7-16(15)24-17/h4-7,14H,8-13H2,1-3H3,(H2,23,28). The van der Waals surface area contributed by atoms with Crippen molar-refractivity contribution >= 4 is 28.8 Å². The van der Waals surface area contributed by atoms with Crippen LogP contribution < -0.4 is 10.5 Å². The Kier molecular flexibility index (Phi) is 6.94. The molecule has 2 heterocycles. The summed E-state index contributed by atoms with van der Waals surface area (Å²) in [7, 11) is 1.46. The van der Waals surface area contributed by atoms with Crippen LogP contribution in [-0.4, -0.2) is 72.6 Å². The van der Waals surface area contributed by atoms with Crippen molar-refractivity contribution in [2.45, 2.75) is 20.3 Å². The van der Waals surface area contributed by atoms with Gasteiger partial charge in [0.25, 0.3) is 5.91 Å². The third kappa shape index (κ3) is 5.04. The van der Waals surface area contributed by atoms with Crippen molar-refractivity contribution in [3.63, 3.8) is 0 Å². The zero-order valence-electron chi connectivity index (χ0n) is 18.1. The van der Waals surface area contributed by atoms with Crippen molar-refractivity contribution < 1.29 is 23.9 Å². The van der Waals surface area contributed by atoms with Gasteiger partial charge in [-0.05, 0) is 18.1 Å². The summed E-state index contributed by atoms with van der Waals surface area (Å²) in [5.41, 5.74) is 6.61. The molecule has 9 nitrogen and oxygen atoms in total. The minimum absolute atomic E-state index is 0.0860. The van der Waals surface area contributed by atoms with Gasteiger partial charge in [0.15, 0.2) is 0 Å². The number of primary amides is 1. The molecule has 1 saturated heterocycles. The van der Waals surface area contributed by atoms with Crippen LogP contribution in [0.5, 0.6) is 5.75 Å². The van der Waals surface area contributed by atoms with Gasteiger partial charge in [-0.15, -0.1) is 0 Å². The van der Waals surface area contributed by atoms with Crippen LogP contribution in [0.25, 0.3) is 10.9 Å². The van der Waals surface area contributed by atoms with E-state index in [0.29, 0.717) is 49.4 Å². The van der Waals surface area contributed by atoms with E-state index in [1.807, 2.05) is 26.0 Å². The van der Waals surface area contributed by atoms with E-state index in [-0.39, 0.29) is 35.6 Å². The van der Waals surface area contributed by atoms with Gasteiger partial charge in [-0.1, -0.05) is 26.0 Å². The van der Waals surface area contributed by atoms with Gasteiger partial charge >= 0.3 is 6.09 Å². The number of aromatic nitrogens is 1. The summed E-state index contributed by atoms with van der Waals surface area (Å²) < 4.78 is 10.7. The highest BCUT2D eigenvalue weighted by Gasteiger charge is 2.28. The van der Waals surface area contributed by atoms with Crippen molar-refractivity contribution in [2.75, 3.05) is 39.9 Å². The molecule has 0 bridgehead atoms. The Hall–Kier alpha value is -3.36. The van der Waals surface area contributed by atoms with Gasteiger partial charge in [-0.2, -0.15) is 0 Å². The highest BCUT2D eigenvalue weighted by molar-refractivity contribution is 6.03. The zero-order valence-corrected chi connectivity index (χ0v) is 18.1. The number of nitrogens with two attached hydrogens (primary N) is 1. The van der Waals surface area contributed by atoms with E-state index in [4.69, 9.17) is 15.2 Å². The van der Waals surface area contributed by atoms with Crippen LogP contribution in [-0.2, 0) is 16.0 Å². The molecule has 3 rings (SSSR count). The average molecular weight is 428 g/mol. The molecule has 1 aromatic carbocycles. The van der Waals surface area contributed by atoms with Crippen molar-refractivity contribution in [2.24, 2.45) is 11.7 Å². The monoisotopic (exact) mass is 428 g/mol. The van der Waals surface area contributed by atoms with Gasteiger partial charge < -0.3 is 25.0 Å². The lowest BCUT2D eigenvalue weighted by atomic mass is 10.0. The molecule has 1 fully saturated rings. The van der Waals surface area contributed by atoms with Crippen molar-refractivity contribution in [1.82, 2.24) is 14.8 Å². The van der Waals surface area contributed by atoms with E-state index in [1.165, 1.54) is 7.11 Å².